The molecule has 6 aromatic carbocycles. The van der Waals surface area contributed by atoms with Crippen molar-refractivity contribution in [3.63, 3.8) is 0 Å². The van der Waals surface area contributed by atoms with E-state index in [1.165, 1.54) is 120 Å². The van der Waals surface area contributed by atoms with E-state index >= 15 is 0 Å². The molecule has 278 valence electrons. The monoisotopic (exact) mass is 870 g/mol. The second kappa shape index (κ2) is 19.3. The minimum Gasteiger partial charge on any atom is -0.412 e. The number of hydrogen-bond acceptors (Lipinski definition) is 0. The zero-order chi connectivity index (χ0) is 38.0. The largest absolute Gasteiger partial charge is 0.412 e. The predicted octanol–water partition coefficient (Wildman–Crippen LogP) is 11.1. The molecular formula is C48H54Cl2Ga2O2. The molecule has 6 rings (SSSR count). The van der Waals surface area contributed by atoms with Crippen LogP contribution in [0.4, 0.5) is 0 Å². The molecule has 0 heterocycles. The van der Waals surface area contributed by atoms with E-state index in [4.69, 9.17) is 19.3 Å². The second-order valence-electron chi connectivity index (χ2n) is 14.8. The molecule has 54 heavy (non-hydrogen) atoms. The summed E-state index contributed by atoms with van der Waals surface area (Å²) < 4.78 is 2.76. The first-order valence-corrected chi connectivity index (χ1v) is 26.9. The smallest absolute Gasteiger partial charge is 0.412 e. The number of aryl methyl sites for hydroxylation is 12. The zero-order valence-electron chi connectivity index (χ0n) is 34.0. The standard InChI is InChI=1S/2C24H25.2ClH.2Ga.2H2O/c2*1-15-10-17(3)23(18(4)11-15)21-8-7-9-22(14-21)24-19(5)12-16(2)13-20(24)6;;;;;;/h2*7-13H,1-6H3;2*1H;;;2*1H2/q;;;;2*+1;;/p-2. The molecule has 6 heteroatoms. The predicted molar refractivity (Wildman–Crippen MR) is 241 cm³/mol. The van der Waals surface area contributed by atoms with E-state index in [2.05, 4.69) is 168 Å². The second-order valence-corrected chi connectivity index (χ2v) is 20.5. The number of hydrogen-bond donors (Lipinski definition) is 0. The molecule has 0 unspecified atom stereocenters. The van der Waals surface area contributed by atoms with E-state index < -0.39 is 32.8 Å². The molecule has 0 aliphatic heterocycles. The van der Waals surface area contributed by atoms with Crippen molar-refractivity contribution in [3.05, 3.63) is 152 Å². The van der Waals surface area contributed by atoms with Gasteiger partial charge in [-0.3, -0.25) is 0 Å². The molecule has 0 saturated heterocycles. The fourth-order valence-electron chi connectivity index (χ4n) is 8.66. The van der Waals surface area contributed by atoms with Crippen LogP contribution in [0.15, 0.2) is 84.9 Å². The first-order valence-electron chi connectivity index (χ1n) is 18.1. The van der Waals surface area contributed by atoms with Gasteiger partial charge in [-0.25, -0.2) is 0 Å². The van der Waals surface area contributed by atoms with Crippen LogP contribution < -0.4 is 8.24 Å². The van der Waals surface area contributed by atoms with Crippen LogP contribution in [0.2, 0.25) is 0 Å². The summed E-state index contributed by atoms with van der Waals surface area (Å²) in [6, 6.07) is 31.6. The van der Waals surface area contributed by atoms with Crippen LogP contribution in [0.1, 0.15) is 66.8 Å². The summed E-state index contributed by atoms with van der Waals surface area (Å²) in [6.07, 6.45) is 0. The average Bonchev–Trinajstić information content (AvgIpc) is 3.03. The van der Waals surface area contributed by atoms with Crippen LogP contribution in [0.5, 0.6) is 0 Å². The Balaban J connectivity index is 0.000000280. The van der Waals surface area contributed by atoms with Gasteiger partial charge in [0.25, 0.3) is 0 Å². The van der Waals surface area contributed by atoms with Gasteiger partial charge in [0, 0.05) is 0 Å². The molecule has 0 amide bonds. The van der Waals surface area contributed by atoms with Crippen molar-refractivity contribution in [2.75, 3.05) is 0 Å². The van der Waals surface area contributed by atoms with Gasteiger partial charge in [0.05, 0.1) is 0 Å². The van der Waals surface area contributed by atoms with Crippen molar-refractivity contribution in [2.24, 2.45) is 0 Å². The van der Waals surface area contributed by atoms with Gasteiger partial charge >= 0.3 is 340 Å². The summed E-state index contributed by atoms with van der Waals surface area (Å²) in [4.78, 5) is 0. The topological polar surface area (TPSA) is 63.0 Å². The average molecular weight is 873 g/mol. The number of benzene rings is 6. The number of halogens is 2. The van der Waals surface area contributed by atoms with Crippen LogP contribution in [-0.4, -0.2) is 43.8 Å². The molecule has 0 bridgehead atoms. The fraction of sp³-hybridized carbons (Fsp3) is 0.250. The molecule has 4 N–H and O–H groups in total. The van der Waals surface area contributed by atoms with E-state index in [1.54, 1.807) is 0 Å². The maximum Gasteiger partial charge on any atom is -0.412 e. The Hall–Kier alpha value is -2.91. The van der Waals surface area contributed by atoms with Crippen LogP contribution in [0.25, 0.3) is 44.5 Å². The molecule has 0 fully saturated rings. The Morgan fingerprint density at radius 3 is 0.630 bits per heavy atom. The zero-order valence-corrected chi connectivity index (χ0v) is 40.4. The molecule has 0 saturated carbocycles. The van der Waals surface area contributed by atoms with Gasteiger partial charge in [0.15, 0.2) is 0 Å². The molecule has 2 radical (unpaired) electrons. The third-order valence-corrected chi connectivity index (χ3v) is 16.0. The van der Waals surface area contributed by atoms with Gasteiger partial charge in [-0.2, -0.15) is 0 Å². The van der Waals surface area contributed by atoms with Crippen LogP contribution in [-0.2, 0) is 0 Å². The van der Waals surface area contributed by atoms with E-state index in [0.717, 1.165) is 0 Å². The maximum absolute atomic E-state index is 6.67. The molecule has 0 atom stereocenters. The van der Waals surface area contributed by atoms with Crippen molar-refractivity contribution in [1.82, 2.24) is 0 Å². The molecule has 2 nitrogen and oxygen atoms in total. The van der Waals surface area contributed by atoms with Crippen molar-refractivity contribution >= 4 is 60.3 Å². The maximum atomic E-state index is 6.67. The molecule has 0 spiro atoms. The SMILES string of the molecule is Cc1cc(C)c(-c2cccc(-c3c(C)cc(C)cc3C)[c]2[Ga][Cl])c(C)c1.Cc1cc(C)c(-c2cccc(-c3c(C)cc(C)cc3C)[c]2[Ga][Cl])c(C)c1.O.O. The summed E-state index contributed by atoms with van der Waals surface area (Å²) in [5.41, 5.74) is 26.7. The van der Waals surface area contributed by atoms with Crippen molar-refractivity contribution < 1.29 is 11.0 Å². The van der Waals surface area contributed by atoms with Crippen LogP contribution >= 0.6 is 19.3 Å². The summed E-state index contributed by atoms with van der Waals surface area (Å²) >= 11 is -2.07. The summed E-state index contributed by atoms with van der Waals surface area (Å²) in [6.45, 7) is 26.4. The van der Waals surface area contributed by atoms with Gasteiger partial charge < -0.3 is 11.0 Å². The first-order chi connectivity index (χ1) is 24.7. The third-order valence-electron chi connectivity index (χ3n) is 10.2. The summed E-state index contributed by atoms with van der Waals surface area (Å²) in [5, 5.41) is 0. The Kier molecular flexibility index (Phi) is 16.3. The van der Waals surface area contributed by atoms with E-state index in [-0.39, 0.29) is 11.0 Å². The van der Waals surface area contributed by atoms with Gasteiger partial charge in [0.2, 0.25) is 0 Å². The third kappa shape index (κ3) is 9.54. The molecule has 0 aliphatic carbocycles. The first kappa shape index (κ1) is 45.5. The minimum absolute atomic E-state index is 0. The molecule has 6 aromatic rings. The summed E-state index contributed by atoms with van der Waals surface area (Å²) in [7, 11) is 13.3. The molecule has 0 aliphatic rings. The van der Waals surface area contributed by atoms with Gasteiger partial charge in [-0.1, -0.05) is 0 Å². The van der Waals surface area contributed by atoms with Crippen molar-refractivity contribution in [3.8, 4) is 44.5 Å². The van der Waals surface area contributed by atoms with Crippen LogP contribution in [0.3, 0.4) is 0 Å². The van der Waals surface area contributed by atoms with Gasteiger partial charge in [-0.05, 0) is 0 Å². The molecule has 0 aromatic heterocycles. The van der Waals surface area contributed by atoms with Crippen LogP contribution in [0, 0.1) is 83.1 Å². The van der Waals surface area contributed by atoms with E-state index in [9.17, 15) is 0 Å². The minimum atomic E-state index is -1.04. The fourth-order valence-corrected chi connectivity index (χ4v) is 14.1. The van der Waals surface area contributed by atoms with Crippen molar-refractivity contribution in [1.29, 1.82) is 0 Å². The summed E-state index contributed by atoms with van der Waals surface area (Å²) in [5.74, 6) is 0. The van der Waals surface area contributed by atoms with Crippen molar-refractivity contribution in [2.45, 2.75) is 83.1 Å². The number of rotatable bonds is 6. The quantitative estimate of drug-likeness (QED) is 0.150. The van der Waals surface area contributed by atoms with Gasteiger partial charge in [-0.15, -0.1) is 0 Å². The Morgan fingerprint density at radius 2 is 0.481 bits per heavy atom. The van der Waals surface area contributed by atoms with E-state index in [1.807, 2.05) is 0 Å². The Labute approximate surface area is 348 Å². The Morgan fingerprint density at radius 1 is 0.315 bits per heavy atom. The normalized spacial score (nSPS) is 10.5. The van der Waals surface area contributed by atoms with Gasteiger partial charge in [0.1, 0.15) is 0 Å². The molecular weight excluding hydrogens is 819 g/mol. The Bertz CT molecular complexity index is 1900. The van der Waals surface area contributed by atoms with E-state index in [0.29, 0.717) is 0 Å².